The van der Waals surface area contributed by atoms with Gasteiger partial charge in [-0.15, -0.1) is 0 Å². The first-order valence-electron chi connectivity index (χ1n) is 10.8. The average Bonchev–Trinajstić information content (AvgIpc) is 2.79. The molecule has 4 aromatic rings. The van der Waals surface area contributed by atoms with Crippen LogP contribution in [0.2, 0.25) is 0 Å². The zero-order valence-electron chi connectivity index (χ0n) is 18.6. The summed E-state index contributed by atoms with van der Waals surface area (Å²) in [7, 11) is 0. The fraction of sp³-hybridized carbons (Fsp3) is 0.185. The third-order valence-electron chi connectivity index (χ3n) is 5.72. The molecule has 0 N–H and O–H groups in total. The van der Waals surface area contributed by atoms with Gasteiger partial charge in [0.15, 0.2) is 0 Å². The summed E-state index contributed by atoms with van der Waals surface area (Å²) in [6.45, 7) is 7.81. The van der Waals surface area contributed by atoms with Crippen molar-refractivity contribution in [3.8, 4) is 22.5 Å². The first kappa shape index (κ1) is 20.1. The first-order chi connectivity index (χ1) is 15.5. The van der Waals surface area contributed by atoms with E-state index in [4.69, 9.17) is 9.97 Å². The summed E-state index contributed by atoms with van der Waals surface area (Å²) in [5.41, 5.74) is 11.1. The van der Waals surface area contributed by atoms with Gasteiger partial charge in [0.25, 0.3) is 0 Å². The fourth-order valence-electron chi connectivity index (χ4n) is 4.15. The minimum absolute atomic E-state index is 0.809. The molecule has 5 heteroatoms. The molecule has 0 aromatic carbocycles. The Bertz CT molecular complexity index is 1330. The summed E-state index contributed by atoms with van der Waals surface area (Å²) in [5.74, 6) is 0. The second kappa shape index (κ2) is 8.35. The van der Waals surface area contributed by atoms with Crippen molar-refractivity contribution in [1.82, 2.24) is 24.8 Å². The van der Waals surface area contributed by atoms with E-state index in [0.29, 0.717) is 0 Å². The molecular weight excluding hydrogens is 394 g/mol. The van der Waals surface area contributed by atoms with Gasteiger partial charge in [-0.05, 0) is 78.9 Å². The van der Waals surface area contributed by atoms with E-state index in [9.17, 15) is 0 Å². The standard InChI is InChI=1S/C27H25N5/c1-18-8-24(14-28-12-18)26-11-22-5-7-32(17-25(22)15-30-26)16-21-9-19(2)27(31-13-21)23-4-6-29-20(3)10-23/h4-15H,16-17H2,1-3H3. The van der Waals surface area contributed by atoms with Crippen LogP contribution in [0.25, 0.3) is 28.6 Å². The van der Waals surface area contributed by atoms with Crippen molar-refractivity contribution in [3.63, 3.8) is 0 Å². The minimum Gasteiger partial charge on any atom is -0.369 e. The van der Waals surface area contributed by atoms with Gasteiger partial charge in [-0.2, -0.15) is 0 Å². The van der Waals surface area contributed by atoms with Crippen molar-refractivity contribution < 1.29 is 0 Å². The van der Waals surface area contributed by atoms with Gasteiger partial charge in [0, 0.05) is 67.1 Å². The van der Waals surface area contributed by atoms with Crippen molar-refractivity contribution in [2.75, 3.05) is 0 Å². The highest BCUT2D eigenvalue weighted by Crippen LogP contribution is 2.27. The molecule has 5 nitrogen and oxygen atoms in total. The topological polar surface area (TPSA) is 54.8 Å². The number of pyridine rings is 4. The van der Waals surface area contributed by atoms with E-state index in [1.165, 1.54) is 22.3 Å². The molecule has 0 saturated carbocycles. The van der Waals surface area contributed by atoms with E-state index >= 15 is 0 Å². The summed E-state index contributed by atoms with van der Waals surface area (Å²) >= 11 is 0. The van der Waals surface area contributed by atoms with Crippen molar-refractivity contribution in [2.45, 2.75) is 33.9 Å². The fourth-order valence-corrected chi connectivity index (χ4v) is 4.15. The second-order valence-electron chi connectivity index (χ2n) is 8.44. The Morgan fingerprint density at radius 3 is 2.59 bits per heavy atom. The van der Waals surface area contributed by atoms with Crippen LogP contribution >= 0.6 is 0 Å². The number of aryl methyl sites for hydroxylation is 3. The van der Waals surface area contributed by atoms with Crippen molar-refractivity contribution in [1.29, 1.82) is 0 Å². The van der Waals surface area contributed by atoms with Crippen LogP contribution in [-0.2, 0) is 13.1 Å². The Balaban J connectivity index is 1.33. The van der Waals surface area contributed by atoms with Crippen LogP contribution in [0, 0.1) is 20.8 Å². The van der Waals surface area contributed by atoms with E-state index in [2.05, 4.69) is 58.3 Å². The number of rotatable bonds is 4. The molecule has 0 saturated heterocycles. The van der Waals surface area contributed by atoms with Gasteiger partial charge in [-0.1, -0.05) is 6.07 Å². The zero-order chi connectivity index (χ0) is 22.1. The van der Waals surface area contributed by atoms with E-state index in [1.54, 1.807) is 0 Å². The van der Waals surface area contributed by atoms with Gasteiger partial charge in [0.05, 0.1) is 11.4 Å². The summed E-state index contributed by atoms with van der Waals surface area (Å²) in [6.07, 6.45) is 13.9. The molecule has 0 unspecified atom stereocenters. The Hall–Kier alpha value is -3.86. The predicted molar refractivity (Wildman–Crippen MR) is 127 cm³/mol. The molecule has 0 aliphatic carbocycles. The van der Waals surface area contributed by atoms with E-state index in [1.807, 2.05) is 50.9 Å². The van der Waals surface area contributed by atoms with Crippen molar-refractivity contribution >= 4 is 6.08 Å². The highest BCUT2D eigenvalue weighted by atomic mass is 15.1. The van der Waals surface area contributed by atoms with Gasteiger partial charge < -0.3 is 4.90 Å². The van der Waals surface area contributed by atoms with Crippen molar-refractivity contribution in [3.05, 3.63) is 101 Å². The average molecular weight is 420 g/mol. The maximum Gasteiger partial charge on any atom is 0.0732 e. The molecule has 5 rings (SSSR count). The van der Waals surface area contributed by atoms with Crippen LogP contribution in [0.3, 0.4) is 0 Å². The highest BCUT2D eigenvalue weighted by Gasteiger charge is 2.14. The monoisotopic (exact) mass is 419 g/mol. The largest absolute Gasteiger partial charge is 0.369 e. The van der Waals surface area contributed by atoms with Crippen LogP contribution in [0.4, 0.5) is 0 Å². The number of hydrogen-bond donors (Lipinski definition) is 0. The molecular formula is C27H25N5. The molecule has 158 valence electrons. The lowest BCUT2D eigenvalue weighted by atomic mass is 10.0. The van der Waals surface area contributed by atoms with Gasteiger partial charge in [0.2, 0.25) is 0 Å². The van der Waals surface area contributed by atoms with E-state index in [0.717, 1.165) is 46.9 Å². The molecule has 4 aromatic heterocycles. The van der Waals surface area contributed by atoms with Gasteiger partial charge in [-0.3, -0.25) is 19.9 Å². The number of nitrogens with zero attached hydrogens (tertiary/aromatic N) is 5. The lowest BCUT2D eigenvalue weighted by Crippen LogP contribution is -2.20. The lowest BCUT2D eigenvalue weighted by Gasteiger charge is -2.25. The lowest BCUT2D eigenvalue weighted by molar-refractivity contribution is 0.358. The van der Waals surface area contributed by atoms with Gasteiger partial charge in [0.1, 0.15) is 0 Å². The highest BCUT2D eigenvalue weighted by molar-refractivity contribution is 5.66. The van der Waals surface area contributed by atoms with Gasteiger partial charge >= 0.3 is 0 Å². The second-order valence-corrected chi connectivity index (χ2v) is 8.44. The summed E-state index contributed by atoms with van der Waals surface area (Å²) in [5, 5.41) is 0. The summed E-state index contributed by atoms with van der Waals surface area (Å²) < 4.78 is 0. The predicted octanol–water partition coefficient (Wildman–Crippen LogP) is 5.51. The van der Waals surface area contributed by atoms with Crippen molar-refractivity contribution in [2.24, 2.45) is 0 Å². The molecule has 1 aliphatic rings. The molecule has 0 bridgehead atoms. The molecule has 32 heavy (non-hydrogen) atoms. The van der Waals surface area contributed by atoms with Crippen LogP contribution in [0.15, 0.2) is 67.5 Å². The molecule has 1 aliphatic heterocycles. The Morgan fingerprint density at radius 1 is 0.875 bits per heavy atom. The molecule has 0 radical (unpaired) electrons. The normalized spacial score (nSPS) is 12.7. The first-order valence-corrected chi connectivity index (χ1v) is 10.8. The molecule has 5 heterocycles. The van der Waals surface area contributed by atoms with Crippen LogP contribution in [0.1, 0.15) is 33.5 Å². The maximum absolute atomic E-state index is 4.75. The third kappa shape index (κ3) is 4.14. The van der Waals surface area contributed by atoms with E-state index < -0.39 is 0 Å². The molecule has 0 amide bonds. The Labute approximate surface area is 188 Å². The number of aromatic nitrogens is 4. The Kier molecular flexibility index (Phi) is 5.23. The third-order valence-corrected chi connectivity index (χ3v) is 5.72. The smallest absolute Gasteiger partial charge is 0.0732 e. The summed E-state index contributed by atoms with van der Waals surface area (Å²) in [4.78, 5) is 20.3. The SMILES string of the molecule is Cc1cncc(-c2cc3c(cn2)CN(Cc2cnc(-c4ccnc(C)c4)c(C)c2)C=C3)c1. The quantitative estimate of drug-likeness (QED) is 0.436. The van der Waals surface area contributed by atoms with Gasteiger partial charge in [-0.25, -0.2) is 0 Å². The van der Waals surface area contributed by atoms with Crippen LogP contribution in [0.5, 0.6) is 0 Å². The molecule has 0 spiro atoms. The number of fused-ring (bicyclic) bond motifs is 1. The van der Waals surface area contributed by atoms with Crippen LogP contribution < -0.4 is 0 Å². The molecule has 0 fully saturated rings. The molecule has 0 atom stereocenters. The zero-order valence-corrected chi connectivity index (χ0v) is 18.6. The Morgan fingerprint density at radius 2 is 1.78 bits per heavy atom. The van der Waals surface area contributed by atoms with E-state index in [-0.39, 0.29) is 0 Å². The van der Waals surface area contributed by atoms with Crippen LogP contribution in [-0.4, -0.2) is 24.8 Å². The summed E-state index contributed by atoms with van der Waals surface area (Å²) in [6, 6.07) is 10.6. The maximum atomic E-state index is 4.75. The number of hydrogen-bond acceptors (Lipinski definition) is 5. The minimum atomic E-state index is 0.809.